The van der Waals surface area contributed by atoms with Crippen LogP contribution >= 0.6 is 11.6 Å². The van der Waals surface area contributed by atoms with Gasteiger partial charge in [0.2, 0.25) is 0 Å². The lowest BCUT2D eigenvalue weighted by molar-refractivity contribution is -0.156. The Morgan fingerprint density at radius 1 is 1.00 bits per heavy atom. The molecule has 0 aromatic rings. The van der Waals surface area contributed by atoms with Gasteiger partial charge in [0, 0.05) is 17.0 Å². The van der Waals surface area contributed by atoms with Gasteiger partial charge in [0.05, 0.1) is 12.0 Å². The molecule has 0 rings (SSSR count). The van der Waals surface area contributed by atoms with Crippen LogP contribution < -0.4 is 0 Å². The van der Waals surface area contributed by atoms with Crippen LogP contribution in [0.4, 0.5) is 4.79 Å². The molecule has 0 unspecified atom stereocenters. The molecule has 0 aliphatic rings. The summed E-state index contributed by atoms with van der Waals surface area (Å²) in [5.74, 6) is -0.280. The average molecular weight is 251 g/mol. The quantitative estimate of drug-likeness (QED) is 0.569. The van der Waals surface area contributed by atoms with E-state index < -0.39 is 16.3 Å². The Labute approximate surface area is 101 Å². The van der Waals surface area contributed by atoms with Crippen molar-refractivity contribution in [2.75, 3.05) is 13.2 Å². The van der Waals surface area contributed by atoms with E-state index in [-0.39, 0.29) is 19.2 Å². The predicted octanol–water partition coefficient (Wildman–Crippen LogP) is 2.98. The van der Waals surface area contributed by atoms with Gasteiger partial charge in [-0.2, -0.15) is 0 Å². The average Bonchev–Trinajstić information content (AvgIpc) is 2.10. The van der Waals surface area contributed by atoms with Gasteiger partial charge in [0.1, 0.15) is 6.61 Å². The van der Waals surface area contributed by atoms with Crippen molar-refractivity contribution in [1.29, 1.82) is 0 Å². The normalized spacial score (nSPS) is 12.1. The molecule has 0 aromatic carbocycles. The molecule has 16 heavy (non-hydrogen) atoms. The first-order valence-electron chi connectivity index (χ1n) is 5.04. The number of ether oxygens (including phenoxy) is 2. The molecule has 5 heteroatoms. The second-order valence-corrected chi connectivity index (χ2v) is 5.83. The first kappa shape index (κ1) is 15.2. The summed E-state index contributed by atoms with van der Waals surface area (Å²) in [6.07, 6.45) is 0. The smallest absolute Gasteiger partial charge is 0.403 e. The summed E-state index contributed by atoms with van der Waals surface area (Å²) >= 11 is 5.05. The van der Waals surface area contributed by atoms with Crippen molar-refractivity contribution in [2.24, 2.45) is 10.8 Å². The third kappa shape index (κ3) is 6.67. The summed E-state index contributed by atoms with van der Waals surface area (Å²) < 4.78 is 9.79. The topological polar surface area (TPSA) is 52.6 Å². The Morgan fingerprint density at radius 3 is 1.81 bits per heavy atom. The van der Waals surface area contributed by atoms with Crippen LogP contribution in [0.3, 0.4) is 0 Å². The zero-order chi connectivity index (χ0) is 13.0. The van der Waals surface area contributed by atoms with Gasteiger partial charge < -0.3 is 9.47 Å². The second kappa shape index (κ2) is 5.53. The Hall–Kier alpha value is -0.770. The van der Waals surface area contributed by atoms with Crippen LogP contribution in [0.25, 0.3) is 0 Å². The van der Waals surface area contributed by atoms with Crippen LogP contribution in [0.2, 0.25) is 0 Å². The molecule has 0 saturated heterocycles. The van der Waals surface area contributed by atoms with Crippen molar-refractivity contribution in [1.82, 2.24) is 0 Å². The highest BCUT2D eigenvalue weighted by Gasteiger charge is 2.27. The van der Waals surface area contributed by atoms with Gasteiger partial charge in [-0.25, -0.2) is 4.79 Å². The fourth-order valence-electron chi connectivity index (χ4n) is 0.771. The number of esters is 1. The van der Waals surface area contributed by atoms with Gasteiger partial charge in [-0.3, -0.25) is 4.79 Å². The Kier molecular flexibility index (Phi) is 5.26. The lowest BCUT2D eigenvalue weighted by Crippen LogP contribution is -2.31. The van der Waals surface area contributed by atoms with E-state index in [1.54, 1.807) is 20.8 Å². The highest BCUT2D eigenvalue weighted by Crippen LogP contribution is 2.20. The minimum absolute atomic E-state index is 0.118. The van der Waals surface area contributed by atoms with Crippen LogP contribution in [0.5, 0.6) is 0 Å². The number of carbonyl (C=O) groups excluding carboxylic acids is 2. The first-order valence-corrected chi connectivity index (χ1v) is 5.42. The molecule has 0 amide bonds. The molecular formula is C11H19ClO4. The van der Waals surface area contributed by atoms with Crippen LogP contribution in [0.1, 0.15) is 34.6 Å². The van der Waals surface area contributed by atoms with Gasteiger partial charge in [-0.1, -0.05) is 13.8 Å². The van der Waals surface area contributed by atoms with Gasteiger partial charge in [0.25, 0.3) is 0 Å². The van der Waals surface area contributed by atoms with E-state index in [4.69, 9.17) is 16.3 Å². The molecule has 0 aliphatic carbocycles. The van der Waals surface area contributed by atoms with Gasteiger partial charge in [0.15, 0.2) is 0 Å². The zero-order valence-corrected chi connectivity index (χ0v) is 11.2. The number of hydrogen-bond acceptors (Lipinski definition) is 4. The van der Waals surface area contributed by atoms with Crippen molar-refractivity contribution in [3.63, 3.8) is 0 Å². The maximum atomic E-state index is 11.5. The van der Waals surface area contributed by atoms with E-state index in [0.717, 1.165) is 0 Å². The monoisotopic (exact) mass is 250 g/mol. The van der Waals surface area contributed by atoms with Gasteiger partial charge in [-0.15, -0.1) is 0 Å². The second-order valence-electron chi connectivity index (χ2n) is 5.52. The Bertz CT molecular complexity index is 266. The standard InChI is InChI=1S/C11H19ClO4/c1-10(2,3)8(13)15-6-11(4,5)7-16-9(12)14/h6-7H2,1-5H3. The lowest BCUT2D eigenvalue weighted by atomic mass is 9.95. The van der Waals surface area contributed by atoms with E-state index in [2.05, 4.69) is 4.74 Å². The third-order valence-electron chi connectivity index (χ3n) is 1.78. The fraction of sp³-hybridized carbons (Fsp3) is 0.818. The summed E-state index contributed by atoms with van der Waals surface area (Å²) in [4.78, 5) is 21.9. The Balaban J connectivity index is 4.08. The van der Waals surface area contributed by atoms with Crippen molar-refractivity contribution in [3.8, 4) is 0 Å². The molecule has 0 aliphatic heterocycles. The summed E-state index contributed by atoms with van der Waals surface area (Å²) in [5.41, 5.74) is -1.82. The van der Waals surface area contributed by atoms with Crippen LogP contribution in [-0.4, -0.2) is 24.6 Å². The summed E-state index contributed by atoms with van der Waals surface area (Å²) in [6.45, 7) is 9.29. The van der Waals surface area contributed by atoms with Crippen LogP contribution in [0.15, 0.2) is 0 Å². The maximum Gasteiger partial charge on any atom is 0.403 e. The largest absolute Gasteiger partial charge is 0.465 e. The van der Waals surface area contributed by atoms with E-state index in [9.17, 15) is 9.59 Å². The molecule has 0 atom stereocenters. The van der Waals surface area contributed by atoms with Crippen molar-refractivity contribution < 1.29 is 19.1 Å². The number of halogens is 1. The van der Waals surface area contributed by atoms with E-state index in [1.165, 1.54) is 0 Å². The lowest BCUT2D eigenvalue weighted by Gasteiger charge is -2.25. The minimum Gasteiger partial charge on any atom is -0.465 e. The summed E-state index contributed by atoms with van der Waals surface area (Å²) in [7, 11) is 0. The molecule has 0 bridgehead atoms. The summed E-state index contributed by atoms with van der Waals surface area (Å²) in [6, 6.07) is 0. The molecule has 0 saturated carbocycles. The minimum atomic E-state index is -0.852. The predicted molar refractivity (Wildman–Crippen MR) is 61.4 cm³/mol. The number of hydrogen-bond donors (Lipinski definition) is 0. The molecule has 0 fully saturated rings. The Morgan fingerprint density at radius 2 is 1.44 bits per heavy atom. The van der Waals surface area contributed by atoms with Crippen molar-refractivity contribution >= 4 is 23.0 Å². The van der Waals surface area contributed by atoms with Crippen LogP contribution in [0, 0.1) is 10.8 Å². The molecule has 4 nitrogen and oxygen atoms in total. The van der Waals surface area contributed by atoms with E-state index in [0.29, 0.717) is 0 Å². The number of rotatable bonds is 4. The fourth-order valence-corrected chi connectivity index (χ4v) is 0.826. The summed E-state index contributed by atoms with van der Waals surface area (Å²) in [5, 5.41) is 0. The molecule has 0 heterocycles. The maximum absolute atomic E-state index is 11.5. The highest BCUT2D eigenvalue weighted by molar-refractivity contribution is 6.61. The van der Waals surface area contributed by atoms with Gasteiger partial charge >= 0.3 is 11.4 Å². The van der Waals surface area contributed by atoms with Gasteiger partial charge in [-0.05, 0) is 20.8 Å². The molecule has 0 N–H and O–H groups in total. The molecule has 0 aromatic heterocycles. The molecular weight excluding hydrogens is 232 g/mol. The zero-order valence-electron chi connectivity index (χ0n) is 10.4. The van der Waals surface area contributed by atoms with E-state index >= 15 is 0 Å². The molecule has 0 spiro atoms. The SMILES string of the molecule is CC(C)(COC(=O)Cl)COC(=O)C(C)(C)C. The molecule has 0 radical (unpaired) electrons. The first-order chi connectivity index (χ1) is 7.04. The van der Waals surface area contributed by atoms with E-state index in [1.807, 2.05) is 13.8 Å². The van der Waals surface area contributed by atoms with Crippen LogP contribution in [-0.2, 0) is 14.3 Å². The van der Waals surface area contributed by atoms with Crippen molar-refractivity contribution in [3.05, 3.63) is 0 Å². The van der Waals surface area contributed by atoms with Crippen molar-refractivity contribution in [2.45, 2.75) is 34.6 Å². The number of carbonyl (C=O) groups is 2. The molecule has 94 valence electrons. The highest BCUT2D eigenvalue weighted by atomic mass is 35.5. The third-order valence-corrected chi connectivity index (χ3v) is 1.89.